The SMILES string of the molecule is CCCCCCCCCCCCCC(=O)N(C(=O)CCCCCCCCCCCCC)[C@@H](COP(=O)(O)OC[C@H](O)CO)C(=O)O. The highest BCUT2D eigenvalue weighted by molar-refractivity contribution is 7.47. The molecule has 0 aromatic rings. The number of phosphoric acid groups is 1. The Kier molecular flexibility index (Phi) is 28.9. The highest BCUT2D eigenvalue weighted by atomic mass is 31.2. The van der Waals surface area contributed by atoms with Gasteiger partial charge in [-0.15, -0.1) is 0 Å². The number of carboxylic acid groups (broad SMARTS) is 1. The number of phosphoric ester groups is 1. The Morgan fingerprint density at radius 1 is 0.609 bits per heavy atom. The number of aliphatic hydroxyl groups excluding tert-OH is 2. The van der Waals surface area contributed by atoms with Gasteiger partial charge < -0.3 is 20.2 Å². The Balaban J connectivity index is 4.96. The number of imide groups is 1. The van der Waals surface area contributed by atoms with Crippen LogP contribution in [0.5, 0.6) is 0 Å². The van der Waals surface area contributed by atoms with Gasteiger partial charge in [0.25, 0.3) is 0 Å². The number of aliphatic carboxylic acids is 1. The Labute approximate surface area is 278 Å². The summed E-state index contributed by atoms with van der Waals surface area (Å²) in [5.74, 6) is -2.84. The van der Waals surface area contributed by atoms with Crippen molar-refractivity contribution in [3.05, 3.63) is 0 Å². The first-order valence-corrected chi connectivity index (χ1v) is 19.6. The summed E-state index contributed by atoms with van der Waals surface area (Å²) in [6.07, 6.45) is 22.4. The number of unbranched alkanes of at least 4 members (excludes halogenated alkanes) is 20. The van der Waals surface area contributed by atoms with Crippen LogP contribution in [0.1, 0.15) is 168 Å². The molecule has 4 N–H and O–H groups in total. The molecule has 0 spiro atoms. The van der Waals surface area contributed by atoms with Gasteiger partial charge in [-0.1, -0.05) is 142 Å². The van der Waals surface area contributed by atoms with Crippen molar-refractivity contribution in [3.8, 4) is 0 Å². The lowest BCUT2D eigenvalue weighted by atomic mass is 10.0. The van der Waals surface area contributed by atoms with Gasteiger partial charge in [0.1, 0.15) is 6.10 Å². The fourth-order valence-corrected chi connectivity index (χ4v) is 6.06. The molecule has 46 heavy (non-hydrogen) atoms. The maximum Gasteiger partial charge on any atom is 0.472 e. The third-order valence-electron chi connectivity index (χ3n) is 8.16. The third kappa shape index (κ3) is 24.8. The highest BCUT2D eigenvalue weighted by Gasteiger charge is 2.37. The summed E-state index contributed by atoms with van der Waals surface area (Å²) in [5.41, 5.74) is 0. The molecule has 3 atom stereocenters. The van der Waals surface area contributed by atoms with Crippen molar-refractivity contribution in [2.45, 2.75) is 180 Å². The van der Waals surface area contributed by atoms with E-state index in [9.17, 15) is 34.1 Å². The van der Waals surface area contributed by atoms with Gasteiger partial charge in [-0.25, -0.2) is 9.36 Å². The summed E-state index contributed by atoms with van der Waals surface area (Å²) in [5, 5.41) is 28.1. The highest BCUT2D eigenvalue weighted by Crippen LogP contribution is 2.43. The van der Waals surface area contributed by atoms with Gasteiger partial charge in [-0.2, -0.15) is 0 Å². The molecule has 0 saturated heterocycles. The van der Waals surface area contributed by atoms with Gasteiger partial charge >= 0.3 is 13.8 Å². The minimum Gasteiger partial charge on any atom is -0.480 e. The lowest BCUT2D eigenvalue weighted by Gasteiger charge is -2.28. The van der Waals surface area contributed by atoms with Crippen LogP contribution in [0.4, 0.5) is 0 Å². The van der Waals surface area contributed by atoms with Gasteiger partial charge in [0.05, 0.1) is 19.8 Å². The number of nitrogens with zero attached hydrogens (tertiary/aromatic N) is 1. The van der Waals surface area contributed by atoms with E-state index in [4.69, 9.17) is 9.63 Å². The van der Waals surface area contributed by atoms with E-state index >= 15 is 0 Å². The molecule has 272 valence electrons. The van der Waals surface area contributed by atoms with E-state index in [0.717, 1.165) is 51.4 Å². The Morgan fingerprint density at radius 2 is 0.935 bits per heavy atom. The van der Waals surface area contributed by atoms with Crippen molar-refractivity contribution in [1.82, 2.24) is 4.90 Å². The summed E-state index contributed by atoms with van der Waals surface area (Å²) in [6, 6.07) is -1.81. The molecule has 0 aliphatic carbocycles. The normalized spacial score (nSPS) is 14.1. The van der Waals surface area contributed by atoms with E-state index in [0.29, 0.717) is 17.7 Å². The minimum absolute atomic E-state index is 0.0131. The summed E-state index contributed by atoms with van der Waals surface area (Å²) in [4.78, 5) is 49.2. The number of carboxylic acids is 1. The third-order valence-corrected chi connectivity index (χ3v) is 9.11. The van der Waals surface area contributed by atoms with Crippen molar-refractivity contribution < 1.29 is 48.2 Å². The van der Waals surface area contributed by atoms with Gasteiger partial charge in [0, 0.05) is 12.8 Å². The molecular formula is C34H66NO10P. The van der Waals surface area contributed by atoms with Crippen molar-refractivity contribution in [2.24, 2.45) is 0 Å². The molecule has 0 aromatic carbocycles. The molecule has 1 unspecified atom stereocenters. The molecule has 0 fully saturated rings. The lowest BCUT2D eigenvalue weighted by Crippen LogP contribution is -2.50. The van der Waals surface area contributed by atoms with Crippen LogP contribution in [0.25, 0.3) is 0 Å². The van der Waals surface area contributed by atoms with Crippen molar-refractivity contribution in [2.75, 3.05) is 19.8 Å². The Morgan fingerprint density at radius 3 is 1.26 bits per heavy atom. The summed E-state index contributed by atoms with van der Waals surface area (Å²) < 4.78 is 21.6. The second-order valence-corrected chi connectivity index (χ2v) is 13.9. The fourth-order valence-electron chi connectivity index (χ4n) is 5.30. The van der Waals surface area contributed by atoms with E-state index in [1.165, 1.54) is 77.0 Å². The quantitative estimate of drug-likeness (QED) is 0.0398. The first kappa shape index (κ1) is 44.6. The number of rotatable bonds is 33. The monoisotopic (exact) mass is 679 g/mol. The molecule has 0 aliphatic rings. The van der Waals surface area contributed by atoms with Crippen LogP contribution in [0, 0.1) is 0 Å². The van der Waals surface area contributed by atoms with Crippen LogP contribution in [-0.4, -0.2) is 74.9 Å². The first-order valence-electron chi connectivity index (χ1n) is 18.1. The molecule has 0 rings (SSSR count). The molecule has 0 aliphatic heterocycles. The van der Waals surface area contributed by atoms with Crippen molar-refractivity contribution in [1.29, 1.82) is 0 Å². The van der Waals surface area contributed by atoms with Crippen LogP contribution in [0.3, 0.4) is 0 Å². The first-order chi connectivity index (χ1) is 22.1. The van der Waals surface area contributed by atoms with E-state index in [1.807, 2.05) is 0 Å². The summed E-state index contributed by atoms with van der Waals surface area (Å²) in [6.45, 7) is 2.01. The van der Waals surface area contributed by atoms with Crippen LogP contribution in [-0.2, 0) is 28.0 Å². The smallest absolute Gasteiger partial charge is 0.472 e. The summed E-state index contributed by atoms with van der Waals surface area (Å²) in [7, 11) is -4.83. The minimum atomic E-state index is -4.83. The zero-order valence-electron chi connectivity index (χ0n) is 28.9. The molecule has 0 aromatic heterocycles. The zero-order valence-corrected chi connectivity index (χ0v) is 29.8. The summed E-state index contributed by atoms with van der Waals surface area (Å²) >= 11 is 0. The van der Waals surface area contributed by atoms with Crippen LogP contribution in [0.2, 0.25) is 0 Å². The molecule has 0 heterocycles. The van der Waals surface area contributed by atoms with E-state index in [-0.39, 0.29) is 12.8 Å². The van der Waals surface area contributed by atoms with Crippen molar-refractivity contribution in [3.63, 3.8) is 0 Å². The number of carbonyl (C=O) groups is 3. The van der Waals surface area contributed by atoms with Gasteiger partial charge in [0.15, 0.2) is 6.04 Å². The molecule has 0 saturated carbocycles. The van der Waals surface area contributed by atoms with Crippen molar-refractivity contribution >= 4 is 25.6 Å². The molecule has 2 amide bonds. The average molecular weight is 680 g/mol. The maximum atomic E-state index is 13.2. The molecule has 12 heteroatoms. The molecular weight excluding hydrogens is 613 g/mol. The zero-order chi connectivity index (χ0) is 34.5. The predicted molar refractivity (Wildman–Crippen MR) is 180 cm³/mol. The fraction of sp³-hybridized carbons (Fsp3) is 0.912. The average Bonchev–Trinajstić information content (AvgIpc) is 3.02. The van der Waals surface area contributed by atoms with E-state index in [1.54, 1.807) is 0 Å². The molecule has 11 nitrogen and oxygen atoms in total. The number of hydrogen-bond acceptors (Lipinski definition) is 8. The van der Waals surface area contributed by atoms with Crippen LogP contribution >= 0.6 is 7.82 Å². The van der Waals surface area contributed by atoms with Gasteiger partial charge in [-0.05, 0) is 12.8 Å². The standard InChI is InChI=1S/C34H66NO10P/c1-3-5-7-9-11-13-15-17-19-21-23-25-32(38)35(31(34(40)41)29-45-46(42,43)44-28-30(37)27-36)33(39)26-24-22-20-18-16-14-12-10-8-6-4-2/h30-31,36-37H,3-29H2,1-2H3,(H,40,41)(H,42,43)/t30-,31+/m1/s1. The molecule has 0 bridgehead atoms. The predicted octanol–water partition coefficient (Wildman–Crippen LogP) is 7.68. The molecule has 0 radical (unpaired) electrons. The second kappa shape index (κ2) is 29.8. The van der Waals surface area contributed by atoms with E-state index in [2.05, 4.69) is 18.4 Å². The largest absolute Gasteiger partial charge is 0.480 e. The van der Waals surface area contributed by atoms with E-state index < -0.39 is 57.6 Å². The van der Waals surface area contributed by atoms with Crippen LogP contribution in [0.15, 0.2) is 0 Å². The topological polar surface area (TPSA) is 171 Å². The van der Waals surface area contributed by atoms with Crippen LogP contribution < -0.4 is 0 Å². The number of aliphatic hydroxyl groups is 2. The number of amides is 2. The number of carbonyl (C=O) groups excluding carboxylic acids is 2. The number of hydrogen-bond donors (Lipinski definition) is 4. The maximum absolute atomic E-state index is 13.2. The second-order valence-electron chi connectivity index (χ2n) is 12.5. The lowest BCUT2D eigenvalue weighted by molar-refractivity contribution is -0.159. The Hall–Kier alpha value is -1.36. The van der Waals surface area contributed by atoms with Gasteiger partial charge in [0.2, 0.25) is 11.8 Å². The van der Waals surface area contributed by atoms with Gasteiger partial charge in [-0.3, -0.25) is 23.5 Å². The Bertz CT molecular complexity index is 790.